The van der Waals surface area contributed by atoms with Crippen LogP contribution in [0.2, 0.25) is 0 Å². The van der Waals surface area contributed by atoms with Crippen molar-refractivity contribution >= 4 is 44.1 Å². The van der Waals surface area contributed by atoms with Gasteiger partial charge in [0.25, 0.3) is 0 Å². The Kier molecular flexibility index (Phi) is 7.76. The maximum atomic E-state index is 5.47. The lowest BCUT2D eigenvalue weighted by atomic mass is 10.1. The maximum Gasteiger partial charge on any atom is 0.159 e. The SMILES string of the molecule is CC(C)c1nc(CN2CCN(c3c(Br)cnc4[nH]c(-c5ccc(CN6CCOCC6)cc5)nc34)CC2)cs1. The normalized spacial score (nSPS) is 17.6. The molecule has 3 aromatic heterocycles. The second-order valence-electron chi connectivity index (χ2n) is 10.4. The molecule has 2 fully saturated rings. The number of thiazole rings is 1. The Balaban J connectivity index is 1.15. The minimum Gasteiger partial charge on any atom is -0.379 e. The van der Waals surface area contributed by atoms with Gasteiger partial charge in [-0.25, -0.2) is 15.0 Å². The van der Waals surface area contributed by atoms with Gasteiger partial charge in [-0.3, -0.25) is 9.80 Å². The lowest BCUT2D eigenvalue weighted by Gasteiger charge is -2.36. The number of imidazole rings is 1. The maximum absolute atomic E-state index is 5.47. The highest BCUT2D eigenvalue weighted by atomic mass is 79.9. The molecule has 200 valence electrons. The smallest absolute Gasteiger partial charge is 0.159 e. The Bertz CT molecular complexity index is 1370. The number of benzene rings is 1. The van der Waals surface area contributed by atoms with Crippen LogP contribution >= 0.6 is 27.3 Å². The van der Waals surface area contributed by atoms with Crippen molar-refractivity contribution in [1.82, 2.24) is 29.7 Å². The number of piperazine rings is 1. The number of aromatic nitrogens is 4. The molecule has 5 heterocycles. The lowest BCUT2D eigenvalue weighted by Crippen LogP contribution is -2.46. The van der Waals surface area contributed by atoms with Gasteiger partial charge in [0.05, 0.1) is 34.1 Å². The third-order valence-electron chi connectivity index (χ3n) is 7.32. The van der Waals surface area contributed by atoms with E-state index in [9.17, 15) is 0 Å². The molecule has 0 radical (unpaired) electrons. The van der Waals surface area contributed by atoms with E-state index in [4.69, 9.17) is 14.7 Å². The molecule has 4 aromatic rings. The summed E-state index contributed by atoms with van der Waals surface area (Å²) in [5.74, 6) is 1.34. The standard InChI is InChI=1S/C28H34BrN7OS/c1-19(2)28-31-22(18-38-28)17-34-7-9-36(10-8-34)25-23(29)15-30-27-24(25)32-26(33-27)21-5-3-20(4-6-21)16-35-11-13-37-14-12-35/h3-6,15,18-19H,7-14,16-17H2,1-2H3,(H,30,32,33). The van der Waals surface area contributed by atoms with Gasteiger partial charge in [0.1, 0.15) is 11.3 Å². The van der Waals surface area contributed by atoms with Gasteiger partial charge in [0.2, 0.25) is 0 Å². The summed E-state index contributed by atoms with van der Waals surface area (Å²) in [4.78, 5) is 25.3. The van der Waals surface area contributed by atoms with Crippen LogP contribution in [-0.4, -0.2) is 82.2 Å². The number of hydrogen-bond donors (Lipinski definition) is 1. The highest BCUT2D eigenvalue weighted by Crippen LogP contribution is 2.34. The Morgan fingerprint density at radius 2 is 1.71 bits per heavy atom. The average molecular weight is 597 g/mol. The molecular formula is C28H34BrN7OS. The molecule has 2 aliphatic rings. The summed E-state index contributed by atoms with van der Waals surface area (Å²) in [5, 5.41) is 3.44. The van der Waals surface area contributed by atoms with Crippen LogP contribution in [0.5, 0.6) is 0 Å². The van der Waals surface area contributed by atoms with Crippen LogP contribution in [0, 0.1) is 0 Å². The quantitative estimate of drug-likeness (QED) is 0.318. The summed E-state index contributed by atoms with van der Waals surface area (Å²) in [5.41, 5.74) is 6.43. The van der Waals surface area contributed by atoms with E-state index in [2.05, 4.69) is 84.1 Å². The number of rotatable bonds is 7. The zero-order chi connectivity index (χ0) is 26.1. The fourth-order valence-corrected chi connectivity index (χ4v) is 6.53. The van der Waals surface area contributed by atoms with Crippen molar-refractivity contribution in [2.75, 3.05) is 57.4 Å². The molecule has 2 saturated heterocycles. The van der Waals surface area contributed by atoms with Gasteiger partial charge in [0.15, 0.2) is 5.65 Å². The van der Waals surface area contributed by atoms with Crippen LogP contribution in [0.15, 0.2) is 40.3 Å². The molecule has 0 amide bonds. The Labute approximate surface area is 236 Å². The zero-order valence-corrected chi connectivity index (χ0v) is 24.4. The number of fused-ring (bicyclic) bond motifs is 1. The van der Waals surface area contributed by atoms with Crippen molar-refractivity contribution < 1.29 is 4.74 Å². The Morgan fingerprint density at radius 1 is 0.974 bits per heavy atom. The summed E-state index contributed by atoms with van der Waals surface area (Å²) < 4.78 is 6.46. The van der Waals surface area contributed by atoms with Gasteiger partial charge in [0, 0.05) is 75.4 Å². The van der Waals surface area contributed by atoms with Crippen LogP contribution in [-0.2, 0) is 17.8 Å². The van der Waals surface area contributed by atoms with Crippen LogP contribution < -0.4 is 4.90 Å². The van der Waals surface area contributed by atoms with Crippen molar-refractivity contribution in [3.63, 3.8) is 0 Å². The van der Waals surface area contributed by atoms with Crippen LogP contribution in [0.25, 0.3) is 22.6 Å². The summed E-state index contributed by atoms with van der Waals surface area (Å²) in [6.45, 7) is 13.8. The Morgan fingerprint density at radius 3 is 2.42 bits per heavy atom. The first kappa shape index (κ1) is 25.9. The minimum absolute atomic E-state index is 0.490. The second-order valence-corrected chi connectivity index (χ2v) is 12.2. The summed E-state index contributed by atoms with van der Waals surface area (Å²) in [6, 6.07) is 8.72. The van der Waals surface area contributed by atoms with Gasteiger partial charge in [-0.05, 0) is 21.5 Å². The Hall–Kier alpha value is -2.37. The van der Waals surface area contributed by atoms with Crippen LogP contribution in [0.1, 0.15) is 36.0 Å². The molecule has 10 heteroatoms. The number of halogens is 1. The van der Waals surface area contributed by atoms with Crippen LogP contribution in [0.4, 0.5) is 5.69 Å². The number of hydrogen-bond acceptors (Lipinski definition) is 8. The van der Waals surface area contributed by atoms with E-state index >= 15 is 0 Å². The van der Waals surface area contributed by atoms with E-state index < -0.39 is 0 Å². The van der Waals surface area contributed by atoms with Gasteiger partial charge < -0.3 is 14.6 Å². The predicted molar refractivity (Wildman–Crippen MR) is 157 cm³/mol. The monoisotopic (exact) mass is 595 g/mol. The van der Waals surface area contributed by atoms with E-state index in [0.717, 1.165) is 98.3 Å². The molecule has 2 aliphatic heterocycles. The van der Waals surface area contributed by atoms with Gasteiger partial charge in [-0.1, -0.05) is 38.1 Å². The van der Waals surface area contributed by atoms with Gasteiger partial charge >= 0.3 is 0 Å². The van der Waals surface area contributed by atoms with Gasteiger partial charge in [-0.2, -0.15) is 0 Å². The third kappa shape index (κ3) is 5.65. The van der Waals surface area contributed by atoms with Crippen molar-refractivity contribution in [2.45, 2.75) is 32.9 Å². The summed E-state index contributed by atoms with van der Waals surface area (Å²) in [7, 11) is 0. The van der Waals surface area contributed by atoms with E-state index in [1.807, 2.05) is 6.20 Å². The lowest BCUT2D eigenvalue weighted by molar-refractivity contribution is 0.0342. The summed E-state index contributed by atoms with van der Waals surface area (Å²) >= 11 is 5.54. The molecule has 0 spiro atoms. The van der Waals surface area contributed by atoms with Crippen molar-refractivity contribution in [3.8, 4) is 11.4 Å². The van der Waals surface area contributed by atoms with E-state index in [1.54, 1.807) is 11.3 Å². The molecular weight excluding hydrogens is 562 g/mol. The molecule has 0 atom stereocenters. The number of pyridine rings is 1. The number of nitrogens with one attached hydrogen (secondary N) is 1. The topological polar surface area (TPSA) is 73.4 Å². The number of H-pyrrole nitrogens is 1. The molecule has 0 unspecified atom stereocenters. The van der Waals surface area contributed by atoms with Crippen molar-refractivity contribution in [3.05, 3.63) is 56.6 Å². The number of morpholine rings is 1. The number of anilines is 1. The largest absolute Gasteiger partial charge is 0.379 e. The average Bonchev–Trinajstić information content (AvgIpc) is 3.58. The molecule has 38 heavy (non-hydrogen) atoms. The molecule has 0 aliphatic carbocycles. The fourth-order valence-electron chi connectivity index (χ4n) is 5.16. The van der Waals surface area contributed by atoms with E-state index in [0.29, 0.717) is 5.92 Å². The molecule has 1 aromatic carbocycles. The van der Waals surface area contributed by atoms with E-state index in [1.165, 1.54) is 16.3 Å². The third-order valence-corrected chi connectivity index (χ3v) is 9.09. The predicted octanol–water partition coefficient (Wildman–Crippen LogP) is 5.12. The zero-order valence-electron chi connectivity index (χ0n) is 22.0. The first-order valence-electron chi connectivity index (χ1n) is 13.4. The number of ether oxygens (including phenoxy) is 1. The fraction of sp³-hybridized carbons (Fsp3) is 0.464. The molecule has 8 nitrogen and oxygen atoms in total. The molecule has 0 saturated carbocycles. The molecule has 6 rings (SSSR count). The van der Waals surface area contributed by atoms with Gasteiger partial charge in [-0.15, -0.1) is 11.3 Å². The summed E-state index contributed by atoms with van der Waals surface area (Å²) in [6.07, 6.45) is 1.89. The molecule has 1 N–H and O–H groups in total. The first-order valence-corrected chi connectivity index (χ1v) is 15.1. The number of aromatic amines is 1. The molecule has 0 bridgehead atoms. The highest BCUT2D eigenvalue weighted by Gasteiger charge is 2.24. The minimum atomic E-state index is 0.490. The first-order chi connectivity index (χ1) is 18.5. The van der Waals surface area contributed by atoms with Crippen molar-refractivity contribution in [1.29, 1.82) is 0 Å². The van der Waals surface area contributed by atoms with E-state index in [-0.39, 0.29) is 0 Å². The number of nitrogens with zero attached hydrogens (tertiary/aromatic N) is 6. The highest BCUT2D eigenvalue weighted by molar-refractivity contribution is 9.10. The van der Waals surface area contributed by atoms with Crippen molar-refractivity contribution in [2.24, 2.45) is 0 Å². The second kappa shape index (κ2) is 11.4. The van der Waals surface area contributed by atoms with Crippen LogP contribution in [0.3, 0.4) is 0 Å².